The second-order valence-electron chi connectivity index (χ2n) is 4.33. The Kier molecular flexibility index (Phi) is 3.72. The first kappa shape index (κ1) is 12.8. The van der Waals surface area contributed by atoms with Gasteiger partial charge in [0.05, 0.1) is 0 Å². The van der Waals surface area contributed by atoms with Gasteiger partial charge in [-0.1, -0.05) is 0 Å². The van der Waals surface area contributed by atoms with Gasteiger partial charge in [-0.15, -0.1) is 11.3 Å². The van der Waals surface area contributed by atoms with Gasteiger partial charge in [-0.2, -0.15) is 0 Å². The quantitative estimate of drug-likeness (QED) is 0.848. The molecule has 1 aromatic heterocycles. The summed E-state index contributed by atoms with van der Waals surface area (Å²) in [7, 11) is -1.37. The van der Waals surface area contributed by atoms with E-state index in [4.69, 9.17) is 5.73 Å². The molecule has 0 spiro atoms. The van der Waals surface area contributed by atoms with Crippen LogP contribution in [0.25, 0.3) is 0 Å². The summed E-state index contributed by atoms with van der Waals surface area (Å²) in [6, 6.07) is 1.80. The molecule has 7 heteroatoms. The molecule has 2 heterocycles. The van der Waals surface area contributed by atoms with Gasteiger partial charge in [0.25, 0.3) is 0 Å². The van der Waals surface area contributed by atoms with Crippen molar-refractivity contribution in [2.24, 2.45) is 0 Å². The zero-order valence-electron chi connectivity index (χ0n) is 9.72. The number of nitrogens with one attached hydrogen (secondary N) is 1. The van der Waals surface area contributed by atoms with Gasteiger partial charge >= 0.3 is 0 Å². The van der Waals surface area contributed by atoms with Crippen LogP contribution >= 0.6 is 11.3 Å². The van der Waals surface area contributed by atoms with E-state index in [1.807, 2.05) is 7.05 Å². The van der Waals surface area contributed by atoms with E-state index in [-0.39, 0.29) is 4.21 Å². The van der Waals surface area contributed by atoms with Crippen LogP contribution in [-0.4, -0.2) is 39.5 Å². The van der Waals surface area contributed by atoms with Crippen LogP contribution < -0.4 is 10.5 Å². The van der Waals surface area contributed by atoms with Gasteiger partial charge in [-0.3, -0.25) is 0 Å². The lowest BCUT2D eigenvalue weighted by atomic mass is 10.2. The number of likely N-dealkylation sites (tertiary alicyclic amines) is 1. The van der Waals surface area contributed by atoms with Crippen LogP contribution in [0.15, 0.2) is 15.7 Å². The normalized spacial score (nSPS) is 22.1. The monoisotopic (exact) mass is 275 g/mol. The Balaban J connectivity index is 1.98. The maximum absolute atomic E-state index is 11.9. The summed E-state index contributed by atoms with van der Waals surface area (Å²) in [6.07, 6.45) is 2.18. The molecule has 96 valence electrons. The fourth-order valence-corrected chi connectivity index (χ4v) is 4.18. The number of thiophene rings is 1. The predicted molar refractivity (Wildman–Crippen MR) is 69.6 cm³/mol. The standard InChI is InChI=1S/C10H17N3O2S2/c1-13-4-2-3-9(13)6-12-17(14,15)10-5-8(11)7-16-10/h5,7,9,12H,2-4,6,11H2,1H3. The number of nitrogen functional groups attached to an aromatic ring is 1. The van der Waals surface area contributed by atoms with Crippen LogP contribution in [0, 0.1) is 0 Å². The molecule has 17 heavy (non-hydrogen) atoms. The van der Waals surface area contributed by atoms with Crippen molar-refractivity contribution >= 4 is 27.0 Å². The number of rotatable bonds is 4. The van der Waals surface area contributed by atoms with E-state index in [1.165, 1.54) is 6.07 Å². The number of nitrogens with two attached hydrogens (primary N) is 1. The Hall–Kier alpha value is -0.630. The van der Waals surface area contributed by atoms with Crippen LogP contribution in [0.4, 0.5) is 5.69 Å². The van der Waals surface area contributed by atoms with E-state index in [0.717, 1.165) is 30.7 Å². The number of sulfonamides is 1. The molecule has 1 aromatic rings. The molecule has 5 nitrogen and oxygen atoms in total. The van der Waals surface area contributed by atoms with Crippen molar-refractivity contribution in [1.29, 1.82) is 0 Å². The lowest BCUT2D eigenvalue weighted by molar-refractivity contribution is 0.311. The van der Waals surface area contributed by atoms with Gasteiger partial charge in [0, 0.05) is 23.7 Å². The summed E-state index contributed by atoms with van der Waals surface area (Å²) in [5, 5.41) is 1.64. The van der Waals surface area contributed by atoms with Gasteiger partial charge in [0.15, 0.2) is 0 Å². The number of nitrogens with zero attached hydrogens (tertiary/aromatic N) is 1. The Labute approximate surface area is 106 Å². The third kappa shape index (κ3) is 2.98. The first-order chi connectivity index (χ1) is 7.99. The highest BCUT2D eigenvalue weighted by Crippen LogP contribution is 2.22. The molecular formula is C10H17N3O2S2. The first-order valence-corrected chi connectivity index (χ1v) is 7.89. The zero-order chi connectivity index (χ0) is 12.5. The third-order valence-corrected chi connectivity index (χ3v) is 5.92. The summed E-state index contributed by atoms with van der Waals surface area (Å²) < 4.78 is 26.8. The van der Waals surface area contributed by atoms with Crippen LogP contribution in [0.3, 0.4) is 0 Å². The molecule has 0 bridgehead atoms. The maximum atomic E-state index is 11.9. The predicted octanol–water partition coefficient (Wildman–Crippen LogP) is 0.703. The minimum Gasteiger partial charge on any atom is -0.398 e. The van der Waals surface area contributed by atoms with Gasteiger partial charge in [0.1, 0.15) is 4.21 Å². The fourth-order valence-electron chi connectivity index (χ4n) is 1.99. The van der Waals surface area contributed by atoms with Gasteiger partial charge < -0.3 is 10.6 Å². The lowest BCUT2D eigenvalue weighted by Gasteiger charge is -2.19. The molecule has 2 rings (SSSR count). The van der Waals surface area contributed by atoms with Crippen molar-refractivity contribution in [2.45, 2.75) is 23.1 Å². The highest BCUT2D eigenvalue weighted by molar-refractivity contribution is 7.91. The van der Waals surface area contributed by atoms with E-state index in [1.54, 1.807) is 5.38 Å². The Morgan fingerprint density at radius 3 is 2.94 bits per heavy atom. The smallest absolute Gasteiger partial charge is 0.250 e. The van der Waals surface area contributed by atoms with Gasteiger partial charge in [-0.05, 0) is 32.5 Å². The summed E-state index contributed by atoms with van der Waals surface area (Å²) >= 11 is 1.15. The van der Waals surface area contributed by atoms with Crippen molar-refractivity contribution in [2.75, 3.05) is 25.9 Å². The number of anilines is 1. The summed E-state index contributed by atoms with van der Waals surface area (Å²) in [6.45, 7) is 1.51. The van der Waals surface area contributed by atoms with Crippen molar-refractivity contribution in [1.82, 2.24) is 9.62 Å². The Bertz CT molecular complexity index is 483. The third-order valence-electron chi connectivity index (χ3n) is 3.04. The molecule has 0 saturated carbocycles. The fraction of sp³-hybridized carbons (Fsp3) is 0.600. The number of hydrogen-bond acceptors (Lipinski definition) is 5. The van der Waals surface area contributed by atoms with Crippen LogP contribution in [0.5, 0.6) is 0 Å². The minimum atomic E-state index is -3.39. The minimum absolute atomic E-state index is 0.288. The van der Waals surface area contributed by atoms with E-state index in [0.29, 0.717) is 18.3 Å². The van der Waals surface area contributed by atoms with E-state index < -0.39 is 10.0 Å². The largest absolute Gasteiger partial charge is 0.398 e. The molecule has 1 fully saturated rings. The highest BCUT2D eigenvalue weighted by Gasteiger charge is 2.24. The van der Waals surface area contributed by atoms with Crippen molar-refractivity contribution in [3.8, 4) is 0 Å². The second kappa shape index (κ2) is 4.93. The topological polar surface area (TPSA) is 75.4 Å². The Morgan fingerprint density at radius 2 is 2.41 bits per heavy atom. The van der Waals surface area contributed by atoms with E-state index in [9.17, 15) is 8.42 Å². The molecule has 0 amide bonds. The van der Waals surface area contributed by atoms with Crippen molar-refractivity contribution in [3.63, 3.8) is 0 Å². The SMILES string of the molecule is CN1CCCC1CNS(=O)(=O)c1cc(N)cs1. The van der Waals surface area contributed by atoms with Crippen molar-refractivity contribution < 1.29 is 8.42 Å². The second-order valence-corrected chi connectivity index (χ2v) is 7.23. The maximum Gasteiger partial charge on any atom is 0.250 e. The lowest BCUT2D eigenvalue weighted by Crippen LogP contribution is -2.37. The number of likely N-dealkylation sites (N-methyl/N-ethyl adjacent to an activating group) is 1. The molecular weight excluding hydrogens is 258 g/mol. The summed E-state index contributed by atoms with van der Waals surface area (Å²) in [4.78, 5) is 2.19. The van der Waals surface area contributed by atoms with Gasteiger partial charge in [-0.25, -0.2) is 13.1 Å². The van der Waals surface area contributed by atoms with Crippen LogP contribution in [0.1, 0.15) is 12.8 Å². The molecule has 1 aliphatic heterocycles. The molecule has 1 aliphatic rings. The highest BCUT2D eigenvalue weighted by atomic mass is 32.2. The zero-order valence-corrected chi connectivity index (χ0v) is 11.4. The van der Waals surface area contributed by atoms with E-state index >= 15 is 0 Å². The molecule has 0 aromatic carbocycles. The van der Waals surface area contributed by atoms with E-state index in [2.05, 4.69) is 9.62 Å². The van der Waals surface area contributed by atoms with Gasteiger partial charge in [0.2, 0.25) is 10.0 Å². The summed E-state index contributed by atoms with van der Waals surface area (Å²) in [5.41, 5.74) is 6.02. The first-order valence-electron chi connectivity index (χ1n) is 5.53. The molecule has 1 unspecified atom stereocenters. The molecule has 0 radical (unpaired) electrons. The molecule has 1 atom stereocenters. The Morgan fingerprint density at radius 1 is 1.65 bits per heavy atom. The van der Waals surface area contributed by atoms with Crippen molar-refractivity contribution in [3.05, 3.63) is 11.4 Å². The molecule has 0 aliphatic carbocycles. The molecule has 1 saturated heterocycles. The average molecular weight is 275 g/mol. The number of hydrogen-bond donors (Lipinski definition) is 2. The molecule has 3 N–H and O–H groups in total. The van der Waals surface area contributed by atoms with Crippen LogP contribution in [0.2, 0.25) is 0 Å². The van der Waals surface area contributed by atoms with Crippen LogP contribution in [-0.2, 0) is 10.0 Å². The average Bonchev–Trinajstić information content (AvgIpc) is 2.85. The summed E-state index contributed by atoms with van der Waals surface area (Å²) in [5.74, 6) is 0.